The van der Waals surface area contributed by atoms with Crippen molar-refractivity contribution in [3.8, 4) is 0 Å². The normalized spacial score (nSPS) is 17.5. The first-order valence-corrected chi connectivity index (χ1v) is 11.2. The number of quaternary nitrogens is 1. The smallest absolute Gasteiger partial charge is 0.430 e. The lowest BCUT2D eigenvalue weighted by molar-refractivity contribution is -0.893. The monoisotopic (exact) mass is 502 g/mol. The number of rotatable bonds is 7. The zero-order valence-corrected chi connectivity index (χ0v) is 19.5. The van der Waals surface area contributed by atoms with Crippen molar-refractivity contribution in [3.63, 3.8) is 0 Å². The molecule has 1 atom stereocenters. The van der Waals surface area contributed by atoms with Gasteiger partial charge in [0, 0.05) is 34.3 Å². The van der Waals surface area contributed by atoms with E-state index in [4.69, 9.17) is 15.2 Å². The third-order valence-electron chi connectivity index (χ3n) is 5.79. The average molecular weight is 503 g/mol. The van der Waals surface area contributed by atoms with E-state index in [0.717, 1.165) is 13.0 Å². The molecule has 1 fully saturated rings. The van der Waals surface area contributed by atoms with Crippen LogP contribution in [0.2, 0.25) is 0 Å². The second kappa shape index (κ2) is 8.55. The van der Waals surface area contributed by atoms with Gasteiger partial charge in [0.25, 0.3) is 0 Å². The molecule has 9 heteroatoms. The van der Waals surface area contributed by atoms with Gasteiger partial charge in [-0.25, -0.2) is 4.79 Å². The second-order valence-corrected chi connectivity index (χ2v) is 9.55. The Bertz CT molecular complexity index is 1120. The van der Waals surface area contributed by atoms with Gasteiger partial charge in [0.15, 0.2) is 17.7 Å². The third kappa shape index (κ3) is 4.22. The van der Waals surface area contributed by atoms with E-state index in [9.17, 15) is 14.4 Å². The summed E-state index contributed by atoms with van der Waals surface area (Å²) >= 11 is 3.42. The molecule has 0 amide bonds. The van der Waals surface area contributed by atoms with Crippen LogP contribution in [0, 0.1) is 0 Å². The molecule has 2 aromatic rings. The number of carbonyl (C=O) groups is 3. The number of nitrogens with one attached hydrogen (secondary N) is 1. The SMILES string of the molecule is C[N+](C)(CCCNc1cc(Br)c(N)c2c1C(=O)c1ccccc1C2=O)CC1COC(=O)O1. The Morgan fingerprint density at radius 3 is 2.41 bits per heavy atom. The maximum absolute atomic E-state index is 13.2. The van der Waals surface area contributed by atoms with E-state index in [2.05, 4.69) is 35.3 Å². The van der Waals surface area contributed by atoms with Crippen LogP contribution in [0.15, 0.2) is 34.8 Å². The molecule has 2 aliphatic rings. The lowest BCUT2D eigenvalue weighted by Crippen LogP contribution is -2.47. The van der Waals surface area contributed by atoms with Crippen LogP contribution in [0.5, 0.6) is 0 Å². The summed E-state index contributed by atoms with van der Waals surface area (Å²) in [6.45, 7) is 2.34. The molecule has 0 aromatic heterocycles. The summed E-state index contributed by atoms with van der Waals surface area (Å²) in [6.07, 6.45) is -0.0605. The van der Waals surface area contributed by atoms with E-state index in [1.165, 1.54) is 0 Å². The van der Waals surface area contributed by atoms with Gasteiger partial charge in [0.05, 0.1) is 37.5 Å². The summed E-state index contributed by atoms with van der Waals surface area (Å²) in [4.78, 5) is 37.5. The van der Waals surface area contributed by atoms with Crippen molar-refractivity contribution >= 4 is 45.0 Å². The van der Waals surface area contributed by atoms with Crippen molar-refractivity contribution < 1.29 is 28.3 Å². The lowest BCUT2D eigenvalue weighted by Gasteiger charge is -2.31. The Balaban J connectivity index is 1.48. The fourth-order valence-corrected chi connectivity index (χ4v) is 4.68. The molecular weight excluding hydrogens is 478 g/mol. The highest BCUT2D eigenvalue weighted by atomic mass is 79.9. The van der Waals surface area contributed by atoms with Crippen molar-refractivity contribution in [1.29, 1.82) is 0 Å². The minimum absolute atomic E-state index is 0.212. The molecule has 1 unspecified atom stereocenters. The van der Waals surface area contributed by atoms with E-state index in [1.54, 1.807) is 30.3 Å². The van der Waals surface area contributed by atoms with E-state index in [1.807, 2.05) is 0 Å². The van der Waals surface area contributed by atoms with Gasteiger partial charge in [-0.1, -0.05) is 24.3 Å². The molecule has 3 N–H and O–H groups in total. The van der Waals surface area contributed by atoms with Crippen molar-refractivity contribution in [3.05, 3.63) is 57.1 Å². The van der Waals surface area contributed by atoms with E-state index < -0.39 is 6.16 Å². The number of nitrogen functional groups attached to an aromatic ring is 1. The van der Waals surface area contributed by atoms with Crippen molar-refractivity contribution in [2.45, 2.75) is 12.5 Å². The predicted molar refractivity (Wildman–Crippen MR) is 123 cm³/mol. The lowest BCUT2D eigenvalue weighted by atomic mass is 9.82. The minimum atomic E-state index is -0.615. The number of nitrogens with two attached hydrogens (primary N) is 1. The number of anilines is 2. The molecule has 0 radical (unpaired) electrons. The predicted octanol–water partition coefficient (Wildman–Crippen LogP) is 3.22. The highest BCUT2D eigenvalue weighted by molar-refractivity contribution is 9.10. The van der Waals surface area contributed by atoms with Gasteiger partial charge in [-0.05, 0) is 22.0 Å². The third-order valence-corrected chi connectivity index (χ3v) is 6.45. The van der Waals surface area contributed by atoms with Gasteiger partial charge in [-0.15, -0.1) is 0 Å². The van der Waals surface area contributed by atoms with Crippen LogP contribution >= 0.6 is 15.9 Å². The molecule has 1 saturated heterocycles. The highest BCUT2D eigenvalue weighted by Crippen LogP contribution is 2.39. The molecule has 4 rings (SSSR count). The Labute approximate surface area is 194 Å². The number of nitrogens with zero attached hydrogens (tertiary/aromatic N) is 1. The minimum Gasteiger partial charge on any atom is -0.430 e. The molecule has 0 spiro atoms. The highest BCUT2D eigenvalue weighted by Gasteiger charge is 2.35. The van der Waals surface area contributed by atoms with E-state index >= 15 is 0 Å². The molecule has 168 valence electrons. The number of fused-ring (bicyclic) bond motifs is 2. The summed E-state index contributed by atoms with van der Waals surface area (Å²) < 4.78 is 11.2. The number of carbonyl (C=O) groups excluding carboxylic acids is 3. The molecular formula is C23H25BrN3O5+. The number of cyclic esters (lactones) is 2. The Kier molecular flexibility index (Phi) is 5.96. The summed E-state index contributed by atoms with van der Waals surface area (Å²) in [5.74, 6) is -0.459. The number of ether oxygens (including phenoxy) is 2. The largest absolute Gasteiger partial charge is 0.509 e. The van der Waals surface area contributed by atoms with Crippen LogP contribution in [0.1, 0.15) is 38.3 Å². The van der Waals surface area contributed by atoms with Gasteiger partial charge >= 0.3 is 6.16 Å². The fraction of sp³-hybridized carbons (Fsp3) is 0.348. The second-order valence-electron chi connectivity index (χ2n) is 8.70. The topological polar surface area (TPSA) is 108 Å². The van der Waals surface area contributed by atoms with Crippen LogP contribution in [-0.4, -0.2) is 68.6 Å². The summed E-state index contributed by atoms with van der Waals surface area (Å²) in [5.41, 5.74) is 8.35. The molecule has 32 heavy (non-hydrogen) atoms. The van der Waals surface area contributed by atoms with Crippen LogP contribution in [0.3, 0.4) is 0 Å². The summed E-state index contributed by atoms with van der Waals surface area (Å²) in [5, 5.41) is 3.32. The quantitative estimate of drug-likeness (QED) is 0.221. The number of likely N-dealkylation sites (N-methyl/N-ethyl adjacent to an activating group) is 1. The Hall–Kier alpha value is -2.91. The molecule has 1 heterocycles. The fourth-order valence-electron chi connectivity index (χ4n) is 4.25. The number of hydrogen-bond donors (Lipinski definition) is 2. The standard InChI is InChI=1S/C23H24BrN3O5/c1-27(2,11-13-12-31-23(30)32-13)9-5-8-26-17-10-16(24)20(25)19-18(17)21(28)14-6-3-4-7-15(14)22(19)29/h3-4,6-7,10,13H,5,8-9,11-12H2,1-2H3,(H2-,25,26,28,29)/p+1. The van der Waals surface area contributed by atoms with Crippen molar-refractivity contribution in [1.82, 2.24) is 0 Å². The number of hydrogen-bond acceptors (Lipinski definition) is 7. The first-order chi connectivity index (χ1) is 15.2. The van der Waals surface area contributed by atoms with Crippen molar-refractivity contribution in [2.75, 3.05) is 51.4 Å². The Morgan fingerprint density at radius 1 is 1.12 bits per heavy atom. The maximum atomic E-state index is 13.2. The van der Waals surface area contributed by atoms with Gasteiger partial charge in [0.1, 0.15) is 13.2 Å². The zero-order chi connectivity index (χ0) is 23.0. The van der Waals surface area contributed by atoms with Crippen molar-refractivity contribution in [2.24, 2.45) is 0 Å². The molecule has 1 aliphatic carbocycles. The van der Waals surface area contributed by atoms with Gasteiger partial charge in [0.2, 0.25) is 0 Å². The first kappa shape index (κ1) is 22.3. The number of ketones is 2. The van der Waals surface area contributed by atoms with Gasteiger partial charge < -0.3 is 25.0 Å². The van der Waals surface area contributed by atoms with Crippen LogP contribution < -0.4 is 11.1 Å². The molecule has 8 nitrogen and oxygen atoms in total. The number of halogens is 1. The molecule has 2 aromatic carbocycles. The zero-order valence-electron chi connectivity index (χ0n) is 17.9. The Morgan fingerprint density at radius 2 is 1.78 bits per heavy atom. The van der Waals surface area contributed by atoms with E-state index in [0.29, 0.717) is 44.4 Å². The van der Waals surface area contributed by atoms with E-state index in [-0.39, 0.29) is 35.5 Å². The van der Waals surface area contributed by atoms with Gasteiger partial charge in [-0.2, -0.15) is 0 Å². The van der Waals surface area contributed by atoms with Gasteiger partial charge in [-0.3, -0.25) is 9.59 Å². The molecule has 1 aliphatic heterocycles. The maximum Gasteiger partial charge on any atom is 0.509 e. The van der Waals surface area contributed by atoms with Crippen LogP contribution in [0.25, 0.3) is 0 Å². The van der Waals surface area contributed by atoms with Crippen LogP contribution in [-0.2, 0) is 9.47 Å². The number of benzene rings is 2. The summed E-state index contributed by atoms with van der Waals surface area (Å²) in [6, 6.07) is 8.55. The molecule has 0 bridgehead atoms. The first-order valence-electron chi connectivity index (χ1n) is 10.4. The van der Waals surface area contributed by atoms with Crippen LogP contribution in [0.4, 0.5) is 16.2 Å². The average Bonchev–Trinajstić information content (AvgIpc) is 3.15. The summed E-state index contributed by atoms with van der Waals surface area (Å²) in [7, 11) is 4.12. The molecule has 0 saturated carbocycles.